The van der Waals surface area contributed by atoms with E-state index in [9.17, 15) is 0 Å². The van der Waals surface area contributed by atoms with Crippen LogP contribution in [0.2, 0.25) is 0 Å². The fraction of sp³-hybridized carbons (Fsp3) is 1.00. The standard InChI is InChI=1S/C11H24/c1-7-10(3,4)9-11(5,6)8-2/h7-9H2,1-6H3. The minimum atomic E-state index is 0.527. The minimum Gasteiger partial charge on any atom is -0.0649 e. The first-order chi connectivity index (χ1) is 4.83. The van der Waals surface area contributed by atoms with Gasteiger partial charge in [0.15, 0.2) is 0 Å². The molecule has 0 aromatic rings. The topological polar surface area (TPSA) is 0 Å². The summed E-state index contributed by atoms with van der Waals surface area (Å²) in [4.78, 5) is 0. The molecule has 0 rings (SSSR count). The minimum absolute atomic E-state index is 0.527. The van der Waals surface area contributed by atoms with Gasteiger partial charge in [-0.05, 0) is 17.3 Å². The van der Waals surface area contributed by atoms with Crippen LogP contribution in [0.15, 0.2) is 0 Å². The molecule has 0 radical (unpaired) electrons. The van der Waals surface area contributed by atoms with Crippen molar-refractivity contribution >= 4 is 0 Å². The van der Waals surface area contributed by atoms with Crippen molar-refractivity contribution in [2.24, 2.45) is 10.8 Å². The van der Waals surface area contributed by atoms with Gasteiger partial charge in [0.05, 0.1) is 0 Å². The van der Waals surface area contributed by atoms with Gasteiger partial charge in [-0.25, -0.2) is 0 Å². The van der Waals surface area contributed by atoms with Crippen LogP contribution in [-0.4, -0.2) is 0 Å². The molecule has 0 amide bonds. The van der Waals surface area contributed by atoms with Crippen molar-refractivity contribution in [3.8, 4) is 0 Å². The van der Waals surface area contributed by atoms with Gasteiger partial charge in [-0.1, -0.05) is 54.4 Å². The summed E-state index contributed by atoms with van der Waals surface area (Å²) < 4.78 is 0. The Bertz CT molecular complexity index is 95.2. The number of hydrogen-bond acceptors (Lipinski definition) is 0. The van der Waals surface area contributed by atoms with Crippen molar-refractivity contribution in [1.29, 1.82) is 0 Å². The van der Waals surface area contributed by atoms with Crippen LogP contribution in [0, 0.1) is 10.8 Å². The molecule has 0 nitrogen and oxygen atoms in total. The summed E-state index contributed by atoms with van der Waals surface area (Å²) in [6, 6.07) is 0. The Morgan fingerprint density at radius 1 is 0.727 bits per heavy atom. The summed E-state index contributed by atoms with van der Waals surface area (Å²) in [6.45, 7) is 14.0. The lowest BCUT2D eigenvalue weighted by Crippen LogP contribution is -2.21. The normalized spacial score (nSPS) is 13.6. The van der Waals surface area contributed by atoms with Crippen LogP contribution < -0.4 is 0 Å². The molecule has 0 N–H and O–H groups in total. The zero-order chi connectivity index (χ0) is 9.12. The molecule has 0 fully saturated rings. The van der Waals surface area contributed by atoms with Crippen LogP contribution in [0.1, 0.15) is 60.8 Å². The molecular formula is C11H24. The van der Waals surface area contributed by atoms with Crippen molar-refractivity contribution in [2.45, 2.75) is 60.8 Å². The van der Waals surface area contributed by atoms with Crippen LogP contribution in [0.25, 0.3) is 0 Å². The van der Waals surface area contributed by atoms with Crippen LogP contribution in [0.3, 0.4) is 0 Å². The molecule has 0 aliphatic carbocycles. The first kappa shape index (κ1) is 11.0. The monoisotopic (exact) mass is 156 g/mol. The second-order valence-electron chi connectivity index (χ2n) is 5.21. The van der Waals surface area contributed by atoms with Gasteiger partial charge in [-0.3, -0.25) is 0 Å². The van der Waals surface area contributed by atoms with Gasteiger partial charge >= 0.3 is 0 Å². The number of rotatable bonds is 4. The highest BCUT2D eigenvalue weighted by Gasteiger charge is 2.25. The SMILES string of the molecule is CCC(C)(C)CC(C)(C)CC. The largest absolute Gasteiger partial charge is 0.0649 e. The van der Waals surface area contributed by atoms with E-state index in [0.717, 1.165) is 0 Å². The van der Waals surface area contributed by atoms with Crippen molar-refractivity contribution in [2.75, 3.05) is 0 Å². The molecule has 0 aliphatic heterocycles. The van der Waals surface area contributed by atoms with E-state index in [-0.39, 0.29) is 0 Å². The molecule has 0 saturated carbocycles. The zero-order valence-electron chi connectivity index (χ0n) is 9.12. The molecule has 0 heterocycles. The molecule has 0 aromatic heterocycles. The van der Waals surface area contributed by atoms with Crippen LogP contribution >= 0.6 is 0 Å². The Morgan fingerprint density at radius 3 is 1.18 bits per heavy atom. The average molecular weight is 156 g/mol. The second-order valence-corrected chi connectivity index (χ2v) is 5.21. The van der Waals surface area contributed by atoms with Crippen molar-refractivity contribution in [3.63, 3.8) is 0 Å². The lowest BCUT2D eigenvalue weighted by molar-refractivity contribution is 0.183. The summed E-state index contributed by atoms with van der Waals surface area (Å²) >= 11 is 0. The molecule has 68 valence electrons. The highest BCUT2D eigenvalue weighted by Crippen LogP contribution is 2.37. The molecule has 11 heavy (non-hydrogen) atoms. The van der Waals surface area contributed by atoms with E-state index in [1.807, 2.05) is 0 Å². The maximum absolute atomic E-state index is 2.37. The van der Waals surface area contributed by atoms with Crippen LogP contribution in [-0.2, 0) is 0 Å². The fourth-order valence-electron chi connectivity index (χ4n) is 1.55. The second kappa shape index (κ2) is 3.60. The Balaban J connectivity index is 4.02. The summed E-state index contributed by atoms with van der Waals surface area (Å²) in [6.07, 6.45) is 3.92. The van der Waals surface area contributed by atoms with Gasteiger partial charge in [0, 0.05) is 0 Å². The highest BCUT2D eigenvalue weighted by molar-refractivity contribution is 4.76. The Kier molecular flexibility index (Phi) is 3.60. The summed E-state index contributed by atoms with van der Waals surface area (Å²) in [5.41, 5.74) is 1.05. The zero-order valence-corrected chi connectivity index (χ0v) is 9.12. The molecule has 0 aliphatic rings. The molecule has 0 unspecified atom stereocenters. The van der Waals surface area contributed by atoms with Gasteiger partial charge in [0.2, 0.25) is 0 Å². The van der Waals surface area contributed by atoms with Crippen molar-refractivity contribution < 1.29 is 0 Å². The van der Waals surface area contributed by atoms with Gasteiger partial charge in [-0.2, -0.15) is 0 Å². The van der Waals surface area contributed by atoms with E-state index in [2.05, 4.69) is 41.5 Å². The lowest BCUT2D eigenvalue weighted by atomic mass is 9.72. The molecule has 0 saturated heterocycles. The van der Waals surface area contributed by atoms with Crippen molar-refractivity contribution in [3.05, 3.63) is 0 Å². The molecule has 0 spiro atoms. The molecule has 0 bridgehead atoms. The van der Waals surface area contributed by atoms with Gasteiger partial charge < -0.3 is 0 Å². The third-order valence-corrected chi connectivity index (χ3v) is 2.87. The van der Waals surface area contributed by atoms with E-state index in [0.29, 0.717) is 10.8 Å². The first-order valence-electron chi connectivity index (χ1n) is 4.83. The van der Waals surface area contributed by atoms with E-state index in [1.54, 1.807) is 0 Å². The Hall–Kier alpha value is 0. The van der Waals surface area contributed by atoms with Crippen molar-refractivity contribution in [1.82, 2.24) is 0 Å². The van der Waals surface area contributed by atoms with Gasteiger partial charge in [0.1, 0.15) is 0 Å². The maximum Gasteiger partial charge on any atom is -0.0352 e. The third-order valence-electron chi connectivity index (χ3n) is 2.87. The predicted octanol–water partition coefficient (Wildman–Crippen LogP) is 4.25. The summed E-state index contributed by atoms with van der Waals surface area (Å²) in [5.74, 6) is 0. The first-order valence-corrected chi connectivity index (χ1v) is 4.83. The average Bonchev–Trinajstić information content (AvgIpc) is 1.86. The maximum atomic E-state index is 2.37. The Labute approximate surface area is 72.4 Å². The van der Waals surface area contributed by atoms with Gasteiger partial charge in [-0.15, -0.1) is 0 Å². The molecule has 0 atom stereocenters. The molecule has 0 aromatic carbocycles. The quantitative estimate of drug-likeness (QED) is 0.571. The summed E-state index contributed by atoms with van der Waals surface area (Å²) in [5, 5.41) is 0. The predicted molar refractivity (Wildman–Crippen MR) is 52.8 cm³/mol. The van der Waals surface area contributed by atoms with E-state index in [1.165, 1.54) is 19.3 Å². The molecule has 0 heteroatoms. The number of hydrogen-bond donors (Lipinski definition) is 0. The van der Waals surface area contributed by atoms with E-state index >= 15 is 0 Å². The van der Waals surface area contributed by atoms with Crippen LogP contribution in [0.4, 0.5) is 0 Å². The van der Waals surface area contributed by atoms with E-state index < -0.39 is 0 Å². The highest BCUT2D eigenvalue weighted by atomic mass is 14.3. The van der Waals surface area contributed by atoms with E-state index in [4.69, 9.17) is 0 Å². The fourth-order valence-corrected chi connectivity index (χ4v) is 1.55. The van der Waals surface area contributed by atoms with Gasteiger partial charge in [0.25, 0.3) is 0 Å². The molecular weight excluding hydrogens is 132 g/mol. The third kappa shape index (κ3) is 4.44. The summed E-state index contributed by atoms with van der Waals surface area (Å²) in [7, 11) is 0. The Morgan fingerprint density at radius 2 is 1.00 bits per heavy atom. The lowest BCUT2D eigenvalue weighted by Gasteiger charge is -2.33. The smallest absolute Gasteiger partial charge is 0.0352 e. The van der Waals surface area contributed by atoms with Crippen LogP contribution in [0.5, 0.6) is 0 Å².